The molecule has 1 rings (SSSR count). The summed E-state index contributed by atoms with van der Waals surface area (Å²) in [6.45, 7) is -0.159. The molecule has 0 aromatic carbocycles. The zero-order chi connectivity index (χ0) is 13.1. The Bertz CT molecular complexity index is 383. The second-order valence-corrected chi connectivity index (χ2v) is 4.20. The SMILES string of the molecule is CSc1nc(N)cc(N(C)CCC(F)(F)F)n1. The third-order valence-corrected chi connectivity index (χ3v) is 2.56. The van der Waals surface area contributed by atoms with Crippen LogP contribution >= 0.6 is 11.8 Å². The highest BCUT2D eigenvalue weighted by molar-refractivity contribution is 7.98. The zero-order valence-electron chi connectivity index (χ0n) is 9.45. The number of halogens is 3. The summed E-state index contributed by atoms with van der Waals surface area (Å²) >= 11 is 1.29. The Morgan fingerprint density at radius 3 is 2.59 bits per heavy atom. The minimum absolute atomic E-state index is 0.159. The maximum Gasteiger partial charge on any atom is 0.390 e. The molecule has 0 fully saturated rings. The van der Waals surface area contributed by atoms with Gasteiger partial charge in [-0.15, -0.1) is 0 Å². The summed E-state index contributed by atoms with van der Waals surface area (Å²) in [5.74, 6) is 0.643. The van der Waals surface area contributed by atoms with Gasteiger partial charge < -0.3 is 10.6 Å². The van der Waals surface area contributed by atoms with Crippen LogP contribution in [0.3, 0.4) is 0 Å². The molecular weight excluding hydrogens is 253 g/mol. The topological polar surface area (TPSA) is 55.0 Å². The Balaban J connectivity index is 2.74. The Hall–Kier alpha value is -1.18. The van der Waals surface area contributed by atoms with E-state index in [1.165, 1.54) is 29.8 Å². The second-order valence-electron chi connectivity index (χ2n) is 3.42. The molecule has 0 unspecified atom stereocenters. The smallest absolute Gasteiger partial charge is 0.383 e. The van der Waals surface area contributed by atoms with Crippen molar-refractivity contribution in [2.24, 2.45) is 0 Å². The molecule has 0 aliphatic rings. The van der Waals surface area contributed by atoms with Gasteiger partial charge in [-0.3, -0.25) is 0 Å². The van der Waals surface area contributed by atoms with Gasteiger partial charge in [0.25, 0.3) is 0 Å². The van der Waals surface area contributed by atoms with Gasteiger partial charge in [-0.05, 0) is 6.26 Å². The van der Waals surface area contributed by atoms with Crippen LogP contribution in [0.15, 0.2) is 11.2 Å². The van der Waals surface area contributed by atoms with Crippen molar-refractivity contribution in [3.05, 3.63) is 6.07 Å². The normalized spacial score (nSPS) is 11.6. The number of rotatable bonds is 4. The molecule has 0 saturated heterocycles. The lowest BCUT2D eigenvalue weighted by atomic mass is 10.4. The van der Waals surface area contributed by atoms with Gasteiger partial charge in [0, 0.05) is 19.7 Å². The highest BCUT2D eigenvalue weighted by Gasteiger charge is 2.27. The molecule has 0 spiro atoms. The number of hydrogen-bond acceptors (Lipinski definition) is 5. The standard InChI is InChI=1S/C9H13F3N4S/c1-16(4-3-9(10,11)12)7-5-6(13)14-8(15-7)17-2/h5H,3-4H2,1-2H3,(H2,13,14,15). The quantitative estimate of drug-likeness (QED) is 0.668. The summed E-state index contributed by atoms with van der Waals surface area (Å²) in [4.78, 5) is 9.42. The fourth-order valence-corrected chi connectivity index (χ4v) is 1.51. The van der Waals surface area contributed by atoms with Crippen molar-refractivity contribution in [3.63, 3.8) is 0 Å². The molecule has 1 heterocycles. The summed E-state index contributed by atoms with van der Waals surface area (Å²) in [5.41, 5.74) is 5.54. The van der Waals surface area contributed by atoms with Gasteiger partial charge in [0.15, 0.2) is 5.16 Å². The highest BCUT2D eigenvalue weighted by atomic mass is 32.2. The second kappa shape index (κ2) is 5.44. The molecule has 1 aromatic rings. The van der Waals surface area contributed by atoms with E-state index in [4.69, 9.17) is 5.73 Å². The van der Waals surface area contributed by atoms with E-state index in [1.807, 2.05) is 0 Å². The van der Waals surface area contributed by atoms with Crippen molar-refractivity contribution >= 4 is 23.4 Å². The maximum absolute atomic E-state index is 12.1. The predicted molar refractivity (Wildman–Crippen MR) is 62.2 cm³/mol. The number of alkyl halides is 3. The molecule has 0 saturated carbocycles. The Labute approximate surface area is 101 Å². The van der Waals surface area contributed by atoms with Crippen molar-refractivity contribution in [2.75, 3.05) is 30.5 Å². The number of anilines is 2. The van der Waals surface area contributed by atoms with E-state index in [0.717, 1.165) is 0 Å². The minimum atomic E-state index is -4.17. The van der Waals surface area contributed by atoms with E-state index in [2.05, 4.69) is 9.97 Å². The van der Waals surface area contributed by atoms with Crippen molar-refractivity contribution in [1.29, 1.82) is 0 Å². The van der Waals surface area contributed by atoms with Gasteiger partial charge in [0.05, 0.1) is 6.42 Å². The van der Waals surface area contributed by atoms with Crippen LogP contribution in [-0.4, -0.2) is 36.0 Å². The van der Waals surface area contributed by atoms with E-state index in [-0.39, 0.29) is 12.4 Å². The summed E-state index contributed by atoms with van der Waals surface area (Å²) in [6, 6.07) is 1.45. The lowest BCUT2D eigenvalue weighted by molar-refractivity contribution is -0.132. The van der Waals surface area contributed by atoms with E-state index in [1.54, 1.807) is 6.26 Å². The first kappa shape index (κ1) is 13.9. The van der Waals surface area contributed by atoms with Crippen LogP contribution < -0.4 is 10.6 Å². The molecule has 8 heteroatoms. The number of nitrogen functional groups attached to an aromatic ring is 1. The molecule has 0 aliphatic heterocycles. The summed E-state index contributed by atoms with van der Waals surface area (Å²) < 4.78 is 36.2. The molecular formula is C9H13F3N4S. The van der Waals surface area contributed by atoms with Crippen LogP contribution in [0, 0.1) is 0 Å². The van der Waals surface area contributed by atoms with Crippen molar-refractivity contribution < 1.29 is 13.2 Å². The number of nitrogens with two attached hydrogens (primary N) is 1. The van der Waals surface area contributed by atoms with E-state index in [9.17, 15) is 13.2 Å². The maximum atomic E-state index is 12.1. The Kier molecular flexibility index (Phi) is 4.44. The zero-order valence-corrected chi connectivity index (χ0v) is 10.3. The van der Waals surface area contributed by atoms with Gasteiger partial charge in [-0.25, -0.2) is 9.97 Å². The van der Waals surface area contributed by atoms with Crippen molar-refractivity contribution in [3.8, 4) is 0 Å². The van der Waals surface area contributed by atoms with Gasteiger partial charge in [0.1, 0.15) is 11.6 Å². The Morgan fingerprint density at radius 1 is 1.41 bits per heavy atom. The number of aromatic nitrogens is 2. The van der Waals surface area contributed by atoms with Crippen LogP contribution in [0.25, 0.3) is 0 Å². The third-order valence-electron chi connectivity index (χ3n) is 2.02. The first-order valence-corrected chi connectivity index (χ1v) is 6.01. The average Bonchev–Trinajstić information content (AvgIpc) is 2.23. The molecule has 4 nitrogen and oxygen atoms in total. The summed E-state index contributed by atoms with van der Waals surface area (Å²) in [5, 5.41) is 0.443. The number of hydrogen-bond donors (Lipinski definition) is 1. The predicted octanol–water partition coefficient (Wildman–Crippen LogP) is 2.17. The molecule has 0 radical (unpaired) electrons. The van der Waals surface area contributed by atoms with E-state index < -0.39 is 12.6 Å². The highest BCUT2D eigenvalue weighted by Crippen LogP contribution is 2.22. The van der Waals surface area contributed by atoms with Crippen LogP contribution in [0.2, 0.25) is 0 Å². The van der Waals surface area contributed by atoms with Crippen LogP contribution in [0.1, 0.15) is 6.42 Å². The molecule has 1 aromatic heterocycles. The monoisotopic (exact) mass is 266 g/mol. The van der Waals surface area contributed by atoms with Crippen LogP contribution in [-0.2, 0) is 0 Å². The number of thioether (sulfide) groups is 1. The fourth-order valence-electron chi connectivity index (χ4n) is 1.13. The first-order valence-electron chi connectivity index (χ1n) is 4.78. The van der Waals surface area contributed by atoms with Crippen LogP contribution in [0.5, 0.6) is 0 Å². The Morgan fingerprint density at radius 2 is 2.06 bits per heavy atom. The molecule has 17 heavy (non-hydrogen) atoms. The summed E-state index contributed by atoms with van der Waals surface area (Å²) in [6.07, 6.45) is -3.29. The van der Waals surface area contributed by atoms with Gasteiger partial charge in [-0.2, -0.15) is 13.2 Å². The molecule has 0 aliphatic carbocycles. The van der Waals surface area contributed by atoms with Gasteiger partial charge >= 0.3 is 6.18 Å². The van der Waals surface area contributed by atoms with Crippen molar-refractivity contribution in [1.82, 2.24) is 9.97 Å². The molecule has 0 amide bonds. The lowest BCUT2D eigenvalue weighted by Crippen LogP contribution is -2.25. The average molecular weight is 266 g/mol. The van der Waals surface area contributed by atoms with Crippen LogP contribution in [0.4, 0.5) is 24.8 Å². The largest absolute Gasteiger partial charge is 0.390 e. The van der Waals surface area contributed by atoms with Gasteiger partial charge in [-0.1, -0.05) is 11.8 Å². The van der Waals surface area contributed by atoms with E-state index >= 15 is 0 Å². The lowest BCUT2D eigenvalue weighted by Gasteiger charge is -2.19. The molecule has 0 atom stereocenters. The molecule has 0 bridgehead atoms. The van der Waals surface area contributed by atoms with Gasteiger partial charge in [0.2, 0.25) is 0 Å². The fraction of sp³-hybridized carbons (Fsp3) is 0.556. The van der Waals surface area contributed by atoms with E-state index in [0.29, 0.717) is 11.0 Å². The summed E-state index contributed by atoms with van der Waals surface area (Å²) in [7, 11) is 1.54. The molecule has 96 valence electrons. The first-order chi connectivity index (χ1) is 7.81. The van der Waals surface area contributed by atoms with Crippen molar-refractivity contribution in [2.45, 2.75) is 17.8 Å². The third kappa shape index (κ3) is 4.68. The number of nitrogens with zero attached hydrogens (tertiary/aromatic N) is 3. The molecule has 2 N–H and O–H groups in total. The minimum Gasteiger partial charge on any atom is -0.383 e.